The van der Waals surface area contributed by atoms with Crippen molar-refractivity contribution in [3.63, 3.8) is 0 Å². The van der Waals surface area contributed by atoms with Crippen LogP contribution in [0.25, 0.3) is 16.9 Å². The van der Waals surface area contributed by atoms with Gasteiger partial charge in [0.1, 0.15) is 5.56 Å². The van der Waals surface area contributed by atoms with Crippen LogP contribution in [0.3, 0.4) is 0 Å². The Morgan fingerprint density at radius 1 is 1.07 bits per heavy atom. The summed E-state index contributed by atoms with van der Waals surface area (Å²) in [6.45, 7) is 3.65. The lowest BCUT2D eigenvalue weighted by Crippen LogP contribution is -2.14. The number of amides is 1. The van der Waals surface area contributed by atoms with Crippen molar-refractivity contribution in [2.75, 3.05) is 5.32 Å². The first kappa shape index (κ1) is 17.4. The molecule has 27 heavy (non-hydrogen) atoms. The number of hydrogen-bond acceptors (Lipinski definition) is 4. The van der Waals surface area contributed by atoms with Crippen molar-refractivity contribution in [3.8, 4) is 11.3 Å². The zero-order chi connectivity index (χ0) is 19.0. The lowest BCUT2D eigenvalue weighted by molar-refractivity contribution is 0.102. The summed E-state index contributed by atoms with van der Waals surface area (Å²) in [5.74, 6) is -0.254. The summed E-state index contributed by atoms with van der Waals surface area (Å²) >= 11 is 3.55. The van der Waals surface area contributed by atoms with Gasteiger partial charge in [-0.25, -0.2) is 9.50 Å². The molecule has 3 heterocycles. The zero-order valence-corrected chi connectivity index (χ0v) is 16.4. The van der Waals surface area contributed by atoms with E-state index < -0.39 is 0 Å². The second-order valence-corrected chi connectivity index (χ2v) is 6.97. The monoisotopic (exact) mass is 421 g/mol. The average Bonchev–Trinajstić information content (AvgIpc) is 2.99. The molecule has 4 rings (SSSR count). The number of aromatic nitrogens is 4. The molecule has 0 radical (unpaired) electrons. The minimum atomic E-state index is -0.254. The Hall–Kier alpha value is -3.06. The lowest BCUT2D eigenvalue weighted by Gasteiger charge is -2.08. The normalized spacial score (nSPS) is 10.9. The number of nitrogens with zero attached hydrogens (tertiary/aromatic N) is 4. The maximum Gasteiger partial charge on any atom is 0.261 e. The van der Waals surface area contributed by atoms with Crippen LogP contribution in [0.1, 0.15) is 21.7 Å². The van der Waals surface area contributed by atoms with E-state index in [4.69, 9.17) is 4.98 Å². The second kappa shape index (κ2) is 6.92. The Morgan fingerprint density at radius 3 is 2.67 bits per heavy atom. The van der Waals surface area contributed by atoms with Crippen LogP contribution in [0.5, 0.6) is 0 Å². The Balaban J connectivity index is 1.80. The molecule has 1 aromatic carbocycles. The van der Waals surface area contributed by atoms with E-state index in [9.17, 15) is 4.79 Å². The zero-order valence-electron chi connectivity index (χ0n) is 14.8. The molecule has 134 valence electrons. The predicted octanol–water partition coefficient (Wildman–Crippen LogP) is 4.42. The van der Waals surface area contributed by atoms with Gasteiger partial charge in [0, 0.05) is 22.4 Å². The van der Waals surface area contributed by atoms with Crippen molar-refractivity contribution in [1.29, 1.82) is 0 Å². The number of aryl methyl sites for hydroxylation is 2. The van der Waals surface area contributed by atoms with E-state index in [0.29, 0.717) is 22.6 Å². The number of halogens is 1. The molecule has 0 aliphatic rings. The number of fused-ring (bicyclic) bond motifs is 1. The molecule has 1 N–H and O–H groups in total. The molecule has 3 aromatic heterocycles. The third kappa shape index (κ3) is 3.21. The first-order valence-corrected chi connectivity index (χ1v) is 9.18. The van der Waals surface area contributed by atoms with Gasteiger partial charge < -0.3 is 5.32 Å². The van der Waals surface area contributed by atoms with Crippen molar-refractivity contribution < 1.29 is 4.79 Å². The van der Waals surface area contributed by atoms with E-state index in [1.54, 1.807) is 23.7 Å². The number of carbonyl (C=O) groups is 1. The summed E-state index contributed by atoms with van der Waals surface area (Å²) in [6, 6.07) is 13.3. The van der Waals surface area contributed by atoms with Crippen molar-refractivity contribution >= 4 is 33.2 Å². The summed E-state index contributed by atoms with van der Waals surface area (Å²) < 4.78 is 2.57. The largest absolute Gasteiger partial charge is 0.320 e. The fraction of sp³-hybridized carbons (Fsp3) is 0.100. The van der Waals surface area contributed by atoms with Crippen molar-refractivity contribution in [3.05, 3.63) is 76.3 Å². The quantitative estimate of drug-likeness (QED) is 0.531. The van der Waals surface area contributed by atoms with Gasteiger partial charge in [0.2, 0.25) is 0 Å². The van der Waals surface area contributed by atoms with Gasteiger partial charge in [0.15, 0.2) is 5.65 Å². The summed E-state index contributed by atoms with van der Waals surface area (Å²) in [6.07, 6.45) is 3.51. The fourth-order valence-electron chi connectivity index (χ4n) is 2.92. The molecule has 0 unspecified atom stereocenters. The van der Waals surface area contributed by atoms with Gasteiger partial charge in [0.25, 0.3) is 5.91 Å². The minimum absolute atomic E-state index is 0.254. The predicted molar refractivity (Wildman–Crippen MR) is 108 cm³/mol. The van der Waals surface area contributed by atoms with Crippen LogP contribution in [0.4, 0.5) is 5.69 Å². The van der Waals surface area contributed by atoms with Gasteiger partial charge in [-0.05, 0) is 38.1 Å². The highest BCUT2D eigenvalue weighted by Crippen LogP contribution is 2.27. The minimum Gasteiger partial charge on any atom is -0.320 e. The summed E-state index contributed by atoms with van der Waals surface area (Å²) in [4.78, 5) is 21.8. The molecule has 0 aliphatic heterocycles. The number of nitrogens with one attached hydrogen (secondary N) is 1. The molecule has 0 saturated carbocycles. The van der Waals surface area contributed by atoms with Gasteiger partial charge in [-0.15, -0.1) is 0 Å². The van der Waals surface area contributed by atoms with Gasteiger partial charge in [-0.3, -0.25) is 9.78 Å². The molecule has 0 bridgehead atoms. The maximum atomic E-state index is 12.9. The van der Waals surface area contributed by atoms with Gasteiger partial charge in [-0.1, -0.05) is 34.1 Å². The van der Waals surface area contributed by atoms with Crippen LogP contribution < -0.4 is 5.32 Å². The average molecular weight is 422 g/mol. The van der Waals surface area contributed by atoms with Crippen LogP contribution in [-0.2, 0) is 0 Å². The molecule has 6 nitrogen and oxygen atoms in total. The SMILES string of the molecule is Cc1ncccc1NC(=O)c1c(C)nn2ccc(-c3ccccc3Br)nc12. The van der Waals surface area contributed by atoms with Crippen LogP contribution >= 0.6 is 15.9 Å². The standard InChI is InChI=1S/C20H16BrN5O/c1-12-16(8-5-10-22-12)24-20(27)18-13(2)25-26-11-9-17(23-19(18)26)14-6-3-4-7-15(14)21/h3-11H,1-2H3,(H,24,27). The summed E-state index contributed by atoms with van der Waals surface area (Å²) in [5, 5.41) is 7.33. The highest BCUT2D eigenvalue weighted by molar-refractivity contribution is 9.10. The lowest BCUT2D eigenvalue weighted by atomic mass is 10.1. The van der Waals surface area contributed by atoms with Crippen LogP contribution in [0.2, 0.25) is 0 Å². The Kier molecular flexibility index (Phi) is 4.45. The summed E-state index contributed by atoms with van der Waals surface area (Å²) in [7, 11) is 0. The Bertz CT molecular complexity index is 1170. The third-order valence-corrected chi connectivity index (χ3v) is 4.98. The van der Waals surface area contributed by atoms with E-state index in [2.05, 4.69) is 31.3 Å². The Labute approximate surface area is 164 Å². The number of hydrogen-bond donors (Lipinski definition) is 1. The first-order valence-electron chi connectivity index (χ1n) is 8.38. The smallest absolute Gasteiger partial charge is 0.261 e. The van der Waals surface area contributed by atoms with Crippen LogP contribution in [-0.4, -0.2) is 25.5 Å². The second-order valence-electron chi connectivity index (χ2n) is 6.11. The van der Waals surface area contributed by atoms with E-state index in [1.165, 1.54) is 0 Å². The van der Waals surface area contributed by atoms with Crippen LogP contribution in [0, 0.1) is 13.8 Å². The molecule has 0 spiro atoms. The highest BCUT2D eigenvalue weighted by Gasteiger charge is 2.20. The van der Waals surface area contributed by atoms with E-state index in [-0.39, 0.29) is 5.91 Å². The molecule has 1 amide bonds. The topological polar surface area (TPSA) is 72.2 Å². The van der Waals surface area contributed by atoms with Crippen molar-refractivity contribution in [2.45, 2.75) is 13.8 Å². The molecule has 4 aromatic rings. The number of pyridine rings is 1. The van der Waals surface area contributed by atoms with Crippen LogP contribution in [0.15, 0.2) is 59.3 Å². The maximum absolute atomic E-state index is 12.9. The number of benzene rings is 1. The fourth-order valence-corrected chi connectivity index (χ4v) is 3.41. The van der Waals surface area contributed by atoms with Gasteiger partial charge in [0.05, 0.1) is 22.8 Å². The molecular formula is C20H16BrN5O. The van der Waals surface area contributed by atoms with Crippen molar-refractivity contribution in [1.82, 2.24) is 19.6 Å². The molecule has 0 fully saturated rings. The van der Waals surface area contributed by atoms with E-state index in [0.717, 1.165) is 21.4 Å². The number of anilines is 1. The van der Waals surface area contributed by atoms with Crippen molar-refractivity contribution in [2.24, 2.45) is 0 Å². The van der Waals surface area contributed by atoms with E-state index in [1.807, 2.05) is 49.5 Å². The Morgan fingerprint density at radius 2 is 1.89 bits per heavy atom. The molecule has 7 heteroatoms. The number of rotatable bonds is 3. The van der Waals surface area contributed by atoms with Gasteiger partial charge >= 0.3 is 0 Å². The molecule has 0 saturated heterocycles. The molecular weight excluding hydrogens is 406 g/mol. The molecule has 0 atom stereocenters. The first-order chi connectivity index (χ1) is 13.0. The summed E-state index contributed by atoms with van der Waals surface area (Å²) in [5.41, 5.74) is 4.72. The third-order valence-electron chi connectivity index (χ3n) is 4.29. The van der Waals surface area contributed by atoms with E-state index >= 15 is 0 Å². The van der Waals surface area contributed by atoms with Gasteiger partial charge in [-0.2, -0.15) is 5.10 Å². The number of carbonyl (C=O) groups excluding carboxylic acids is 1. The molecule has 0 aliphatic carbocycles. The highest BCUT2D eigenvalue weighted by atomic mass is 79.9.